The van der Waals surface area contributed by atoms with Gasteiger partial charge >= 0.3 is 0 Å². The Labute approximate surface area is 113 Å². The summed E-state index contributed by atoms with van der Waals surface area (Å²) in [4.78, 5) is 0.286. The van der Waals surface area contributed by atoms with E-state index in [4.69, 9.17) is 5.73 Å². The Morgan fingerprint density at radius 1 is 1.16 bits per heavy atom. The number of hydrogen-bond acceptors (Lipinski definition) is 4. The van der Waals surface area contributed by atoms with Crippen LogP contribution < -0.4 is 5.73 Å². The predicted octanol–water partition coefficient (Wildman–Crippen LogP) is 1.69. The maximum Gasteiger partial charge on any atom is 0.176 e. The lowest BCUT2D eigenvalue weighted by atomic mass is 10.0. The Bertz CT molecular complexity index is 726. The van der Waals surface area contributed by atoms with Gasteiger partial charge in [0.15, 0.2) is 9.84 Å². The Morgan fingerprint density at radius 2 is 1.74 bits per heavy atom. The van der Waals surface area contributed by atoms with Gasteiger partial charge in [-0.2, -0.15) is 5.10 Å². The Balaban J connectivity index is 2.78. The molecule has 1 heterocycles. The van der Waals surface area contributed by atoms with Gasteiger partial charge in [0.2, 0.25) is 0 Å². The SMILES string of the molecule is Cc1cc(-c2cc(N)n(C)n2)c(S(C)(=O)=O)cc1C. The van der Waals surface area contributed by atoms with Crippen LogP contribution in [0.25, 0.3) is 11.3 Å². The van der Waals surface area contributed by atoms with Crippen molar-refractivity contribution in [3.8, 4) is 11.3 Å². The maximum absolute atomic E-state index is 11.9. The van der Waals surface area contributed by atoms with Crippen LogP contribution in [0.15, 0.2) is 23.1 Å². The molecule has 0 spiro atoms. The van der Waals surface area contributed by atoms with Crippen molar-refractivity contribution in [3.63, 3.8) is 0 Å². The lowest BCUT2D eigenvalue weighted by Gasteiger charge is -2.09. The second-order valence-corrected chi connectivity index (χ2v) is 6.77. The molecule has 2 N–H and O–H groups in total. The summed E-state index contributed by atoms with van der Waals surface area (Å²) >= 11 is 0. The average molecular weight is 279 g/mol. The zero-order valence-electron chi connectivity index (χ0n) is 11.4. The Hall–Kier alpha value is -1.82. The number of aryl methyl sites for hydroxylation is 3. The highest BCUT2D eigenvalue weighted by Gasteiger charge is 2.18. The molecule has 0 aliphatic rings. The standard InChI is InChI=1S/C13H17N3O2S/c1-8-5-10(11-7-13(14)16(3)15-11)12(6-9(8)2)19(4,17)18/h5-7H,14H2,1-4H3. The smallest absolute Gasteiger partial charge is 0.176 e. The molecule has 0 aliphatic carbocycles. The van der Waals surface area contributed by atoms with E-state index in [2.05, 4.69) is 5.10 Å². The van der Waals surface area contributed by atoms with Crippen molar-refractivity contribution >= 4 is 15.7 Å². The number of nitrogens with zero attached hydrogens (tertiary/aromatic N) is 2. The number of rotatable bonds is 2. The fraction of sp³-hybridized carbons (Fsp3) is 0.308. The minimum atomic E-state index is -3.31. The molecule has 0 unspecified atom stereocenters. The van der Waals surface area contributed by atoms with Crippen molar-refractivity contribution in [1.29, 1.82) is 0 Å². The molecule has 0 bridgehead atoms. The molecule has 0 saturated carbocycles. The first-order chi connectivity index (χ1) is 8.70. The molecule has 2 aromatic rings. The van der Waals surface area contributed by atoms with Crippen LogP contribution in [0.2, 0.25) is 0 Å². The summed E-state index contributed by atoms with van der Waals surface area (Å²) in [7, 11) is -1.59. The van der Waals surface area contributed by atoms with Crippen molar-refractivity contribution in [1.82, 2.24) is 9.78 Å². The molecule has 1 aromatic carbocycles. The normalized spacial score (nSPS) is 11.8. The monoisotopic (exact) mass is 279 g/mol. The van der Waals surface area contributed by atoms with Crippen LogP contribution in [0, 0.1) is 13.8 Å². The molecule has 102 valence electrons. The first kappa shape index (κ1) is 13.6. The highest BCUT2D eigenvalue weighted by Crippen LogP contribution is 2.30. The molecule has 0 saturated heterocycles. The summed E-state index contributed by atoms with van der Waals surface area (Å²) in [5, 5.41) is 4.25. The van der Waals surface area contributed by atoms with Crippen LogP contribution >= 0.6 is 0 Å². The summed E-state index contributed by atoms with van der Waals surface area (Å²) in [5.74, 6) is 0.493. The third-order valence-electron chi connectivity index (χ3n) is 3.19. The van der Waals surface area contributed by atoms with Crippen LogP contribution in [0.5, 0.6) is 0 Å². The Morgan fingerprint density at radius 3 is 2.21 bits per heavy atom. The van der Waals surface area contributed by atoms with Crippen molar-refractivity contribution in [2.45, 2.75) is 18.7 Å². The minimum Gasteiger partial charge on any atom is -0.384 e. The summed E-state index contributed by atoms with van der Waals surface area (Å²) in [6.07, 6.45) is 1.20. The quantitative estimate of drug-likeness (QED) is 0.907. The lowest BCUT2D eigenvalue weighted by Crippen LogP contribution is -2.02. The molecular formula is C13H17N3O2S. The molecule has 0 amide bonds. The first-order valence-corrected chi connectivity index (χ1v) is 7.70. The van der Waals surface area contributed by atoms with E-state index in [1.807, 2.05) is 19.9 Å². The van der Waals surface area contributed by atoms with E-state index in [1.165, 1.54) is 10.9 Å². The number of aromatic nitrogens is 2. The minimum absolute atomic E-state index is 0.286. The summed E-state index contributed by atoms with van der Waals surface area (Å²) in [6.45, 7) is 3.83. The fourth-order valence-electron chi connectivity index (χ4n) is 1.91. The molecule has 19 heavy (non-hydrogen) atoms. The molecule has 6 heteroatoms. The van der Waals surface area contributed by atoms with Gasteiger partial charge in [0, 0.05) is 24.9 Å². The van der Waals surface area contributed by atoms with Gasteiger partial charge in [0.05, 0.1) is 10.6 Å². The molecular weight excluding hydrogens is 262 g/mol. The third kappa shape index (κ3) is 2.49. The second kappa shape index (κ2) is 4.38. The van der Waals surface area contributed by atoms with Crippen molar-refractivity contribution in [3.05, 3.63) is 29.3 Å². The first-order valence-electron chi connectivity index (χ1n) is 5.81. The fourth-order valence-corrected chi connectivity index (χ4v) is 2.86. The lowest BCUT2D eigenvalue weighted by molar-refractivity contribution is 0.602. The maximum atomic E-state index is 11.9. The number of hydrogen-bond donors (Lipinski definition) is 1. The van der Waals surface area contributed by atoms with Crippen LogP contribution in [-0.4, -0.2) is 24.5 Å². The van der Waals surface area contributed by atoms with Crippen LogP contribution in [0.4, 0.5) is 5.82 Å². The van der Waals surface area contributed by atoms with Gasteiger partial charge in [0.1, 0.15) is 5.82 Å². The topological polar surface area (TPSA) is 78.0 Å². The molecule has 1 aromatic heterocycles. The molecule has 0 atom stereocenters. The zero-order valence-corrected chi connectivity index (χ0v) is 12.2. The van der Waals surface area contributed by atoms with Gasteiger partial charge in [0.25, 0.3) is 0 Å². The zero-order chi connectivity index (χ0) is 14.4. The van der Waals surface area contributed by atoms with Gasteiger partial charge in [-0.3, -0.25) is 4.68 Å². The van der Waals surface area contributed by atoms with E-state index >= 15 is 0 Å². The molecule has 5 nitrogen and oxygen atoms in total. The predicted molar refractivity (Wildman–Crippen MR) is 75.6 cm³/mol. The van der Waals surface area contributed by atoms with Gasteiger partial charge in [-0.1, -0.05) is 0 Å². The number of sulfone groups is 1. The largest absolute Gasteiger partial charge is 0.384 e. The van der Waals surface area contributed by atoms with Gasteiger partial charge in [-0.25, -0.2) is 8.42 Å². The van der Waals surface area contributed by atoms with Crippen molar-refractivity contribution < 1.29 is 8.42 Å². The molecule has 2 rings (SSSR count). The highest BCUT2D eigenvalue weighted by atomic mass is 32.2. The third-order valence-corrected chi connectivity index (χ3v) is 4.32. The molecule has 0 fully saturated rings. The van der Waals surface area contributed by atoms with E-state index in [0.29, 0.717) is 17.1 Å². The van der Waals surface area contributed by atoms with Gasteiger partial charge < -0.3 is 5.73 Å². The van der Waals surface area contributed by atoms with Crippen LogP contribution in [0.1, 0.15) is 11.1 Å². The van der Waals surface area contributed by atoms with E-state index in [-0.39, 0.29) is 4.90 Å². The van der Waals surface area contributed by atoms with Crippen molar-refractivity contribution in [2.75, 3.05) is 12.0 Å². The summed E-state index contributed by atoms with van der Waals surface area (Å²) in [5.41, 5.74) is 8.88. The van der Waals surface area contributed by atoms with Gasteiger partial charge in [-0.05, 0) is 37.1 Å². The van der Waals surface area contributed by atoms with E-state index in [1.54, 1.807) is 19.2 Å². The summed E-state index contributed by atoms with van der Waals surface area (Å²) < 4.78 is 25.4. The van der Waals surface area contributed by atoms with E-state index in [0.717, 1.165) is 11.1 Å². The highest BCUT2D eigenvalue weighted by molar-refractivity contribution is 7.90. The number of anilines is 1. The van der Waals surface area contributed by atoms with E-state index < -0.39 is 9.84 Å². The number of nitrogens with two attached hydrogens (primary N) is 1. The van der Waals surface area contributed by atoms with Crippen LogP contribution in [-0.2, 0) is 16.9 Å². The molecule has 0 radical (unpaired) electrons. The average Bonchev–Trinajstić information content (AvgIpc) is 2.61. The summed E-state index contributed by atoms with van der Waals surface area (Å²) in [6, 6.07) is 5.21. The number of benzene rings is 1. The van der Waals surface area contributed by atoms with E-state index in [9.17, 15) is 8.42 Å². The van der Waals surface area contributed by atoms with Crippen LogP contribution in [0.3, 0.4) is 0 Å². The Kier molecular flexibility index (Phi) is 3.14. The second-order valence-electron chi connectivity index (χ2n) is 4.78. The number of nitrogen functional groups attached to an aromatic ring is 1. The van der Waals surface area contributed by atoms with Gasteiger partial charge in [-0.15, -0.1) is 0 Å². The van der Waals surface area contributed by atoms with Crippen molar-refractivity contribution in [2.24, 2.45) is 7.05 Å². The molecule has 0 aliphatic heterocycles.